The van der Waals surface area contributed by atoms with Gasteiger partial charge in [-0.05, 0) is 55.9 Å². The summed E-state index contributed by atoms with van der Waals surface area (Å²) in [6, 6.07) is 9.34. The lowest BCUT2D eigenvalue weighted by molar-refractivity contribution is 0.0679. The van der Waals surface area contributed by atoms with E-state index in [0.29, 0.717) is 17.2 Å². The predicted octanol–water partition coefficient (Wildman–Crippen LogP) is 1.92. The van der Waals surface area contributed by atoms with Crippen LogP contribution in [0.15, 0.2) is 30.3 Å². The first-order valence-corrected chi connectivity index (χ1v) is 8.62. The molecule has 0 saturated carbocycles. The van der Waals surface area contributed by atoms with Gasteiger partial charge in [-0.15, -0.1) is 0 Å². The largest absolute Gasteiger partial charge is 0.366 e. The van der Waals surface area contributed by atoms with Crippen molar-refractivity contribution in [3.63, 3.8) is 0 Å². The molecule has 0 spiro atoms. The zero-order valence-electron chi connectivity index (χ0n) is 14.7. The van der Waals surface area contributed by atoms with Crippen molar-refractivity contribution in [1.82, 2.24) is 14.7 Å². The SMILES string of the molecule is Cc1cc(C(=O)N2CCC(Cc3ccc(C(N)=O)cc3)CC2)n(C)n1. The zero-order valence-corrected chi connectivity index (χ0v) is 14.7. The number of nitrogens with two attached hydrogens (primary N) is 1. The van der Waals surface area contributed by atoms with Crippen LogP contribution >= 0.6 is 0 Å². The third-order valence-corrected chi connectivity index (χ3v) is 4.89. The highest BCUT2D eigenvalue weighted by Gasteiger charge is 2.25. The molecule has 0 bridgehead atoms. The van der Waals surface area contributed by atoms with Crippen molar-refractivity contribution in [2.75, 3.05) is 13.1 Å². The molecule has 25 heavy (non-hydrogen) atoms. The van der Waals surface area contributed by atoms with Crippen LogP contribution in [-0.2, 0) is 13.5 Å². The third-order valence-electron chi connectivity index (χ3n) is 4.89. The smallest absolute Gasteiger partial charge is 0.272 e. The maximum atomic E-state index is 12.6. The van der Waals surface area contributed by atoms with Gasteiger partial charge in [0.15, 0.2) is 0 Å². The quantitative estimate of drug-likeness (QED) is 0.923. The highest BCUT2D eigenvalue weighted by atomic mass is 16.2. The van der Waals surface area contributed by atoms with E-state index < -0.39 is 5.91 Å². The number of amides is 2. The molecular weight excluding hydrogens is 316 g/mol. The summed E-state index contributed by atoms with van der Waals surface area (Å²) in [6.45, 7) is 3.44. The molecule has 6 heteroatoms. The number of aromatic nitrogens is 2. The van der Waals surface area contributed by atoms with Crippen molar-refractivity contribution in [3.05, 3.63) is 52.8 Å². The molecule has 3 rings (SSSR count). The van der Waals surface area contributed by atoms with Crippen LogP contribution in [0.25, 0.3) is 0 Å². The number of piperidine rings is 1. The van der Waals surface area contributed by atoms with Crippen molar-refractivity contribution in [1.29, 1.82) is 0 Å². The standard InChI is InChI=1S/C19H24N4O2/c1-13-11-17(22(2)21-13)19(25)23-9-7-15(8-10-23)12-14-3-5-16(6-4-14)18(20)24/h3-6,11,15H,7-10,12H2,1-2H3,(H2,20,24). The van der Waals surface area contributed by atoms with Crippen LogP contribution in [0.3, 0.4) is 0 Å². The maximum absolute atomic E-state index is 12.6. The Balaban J connectivity index is 1.55. The minimum atomic E-state index is -0.399. The fourth-order valence-electron chi connectivity index (χ4n) is 3.45. The highest BCUT2D eigenvalue weighted by molar-refractivity contribution is 5.93. The van der Waals surface area contributed by atoms with Gasteiger partial charge in [-0.25, -0.2) is 0 Å². The molecular formula is C19H24N4O2. The summed E-state index contributed by atoms with van der Waals surface area (Å²) in [5.74, 6) is 0.216. The number of hydrogen-bond acceptors (Lipinski definition) is 3. The average Bonchev–Trinajstić information content (AvgIpc) is 2.94. The second-order valence-electron chi connectivity index (χ2n) is 6.80. The third kappa shape index (κ3) is 3.90. The summed E-state index contributed by atoms with van der Waals surface area (Å²) in [7, 11) is 1.81. The lowest BCUT2D eigenvalue weighted by atomic mass is 9.90. The second-order valence-corrected chi connectivity index (χ2v) is 6.80. The molecule has 1 saturated heterocycles. The number of carbonyl (C=O) groups excluding carboxylic acids is 2. The van der Waals surface area contributed by atoms with Crippen molar-refractivity contribution in [2.24, 2.45) is 18.7 Å². The van der Waals surface area contributed by atoms with Gasteiger partial charge in [-0.2, -0.15) is 5.10 Å². The Kier molecular flexibility index (Phi) is 4.88. The minimum Gasteiger partial charge on any atom is -0.366 e. The molecule has 2 heterocycles. The van der Waals surface area contributed by atoms with Crippen LogP contribution in [0.2, 0.25) is 0 Å². The summed E-state index contributed by atoms with van der Waals surface area (Å²) in [5, 5.41) is 4.25. The Labute approximate surface area is 147 Å². The molecule has 0 aliphatic carbocycles. The molecule has 1 aromatic carbocycles. The summed E-state index contributed by atoms with van der Waals surface area (Å²) in [6.07, 6.45) is 2.94. The number of aryl methyl sites for hydroxylation is 2. The molecule has 0 radical (unpaired) electrons. The van der Waals surface area contributed by atoms with Crippen LogP contribution in [0.5, 0.6) is 0 Å². The molecule has 1 aromatic heterocycles. The first-order valence-electron chi connectivity index (χ1n) is 8.62. The van der Waals surface area contributed by atoms with E-state index >= 15 is 0 Å². The van der Waals surface area contributed by atoms with Gasteiger partial charge in [0.25, 0.3) is 5.91 Å². The predicted molar refractivity (Wildman–Crippen MR) is 95.2 cm³/mol. The molecule has 0 unspecified atom stereocenters. The van der Waals surface area contributed by atoms with Crippen LogP contribution in [0.1, 0.15) is 44.9 Å². The Bertz CT molecular complexity index is 771. The number of nitrogens with zero attached hydrogens (tertiary/aromatic N) is 3. The van der Waals surface area contributed by atoms with Gasteiger partial charge in [0.05, 0.1) is 5.69 Å². The summed E-state index contributed by atoms with van der Waals surface area (Å²) >= 11 is 0. The van der Waals surface area contributed by atoms with Crippen LogP contribution in [0.4, 0.5) is 0 Å². The normalized spacial score (nSPS) is 15.4. The highest BCUT2D eigenvalue weighted by Crippen LogP contribution is 2.23. The fraction of sp³-hybridized carbons (Fsp3) is 0.421. The lowest BCUT2D eigenvalue weighted by Gasteiger charge is -2.32. The zero-order chi connectivity index (χ0) is 18.0. The second kappa shape index (κ2) is 7.09. The van der Waals surface area contributed by atoms with Gasteiger partial charge < -0.3 is 10.6 Å². The van der Waals surface area contributed by atoms with Gasteiger partial charge in [0, 0.05) is 25.7 Å². The monoisotopic (exact) mass is 340 g/mol. The molecule has 1 fully saturated rings. The Hall–Kier alpha value is -2.63. The fourth-order valence-corrected chi connectivity index (χ4v) is 3.45. The van der Waals surface area contributed by atoms with Gasteiger partial charge in [-0.3, -0.25) is 14.3 Å². The minimum absolute atomic E-state index is 0.0624. The van der Waals surface area contributed by atoms with Crippen molar-refractivity contribution in [2.45, 2.75) is 26.2 Å². The topological polar surface area (TPSA) is 81.2 Å². The van der Waals surface area contributed by atoms with Crippen LogP contribution < -0.4 is 5.73 Å². The number of carbonyl (C=O) groups is 2. The number of likely N-dealkylation sites (tertiary alicyclic amines) is 1. The van der Waals surface area contributed by atoms with E-state index in [-0.39, 0.29) is 5.91 Å². The average molecular weight is 340 g/mol. The number of hydrogen-bond donors (Lipinski definition) is 1. The Morgan fingerprint density at radius 3 is 2.36 bits per heavy atom. The molecule has 6 nitrogen and oxygen atoms in total. The molecule has 2 N–H and O–H groups in total. The van der Waals surface area contributed by atoms with Crippen LogP contribution in [-0.4, -0.2) is 39.6 Å². The molecule has 0 atom stereocenters. The summed E-state index contributed by atoms with van der Waals surface area (Å²) < 4.78 is 1.66. The number of benzene rings is 1. The van der Waals surface area contributed by atoms with E-state index in [4.69, 9.17) is 5.73 Å². The molecule has 1 aliphatic rings. The summed E-state index contributed by atoms with van der Waals surface area (Å²) in [5.41, 5.74) is 8.52. The van der Waals surface area contributed by atoms with Gasteiger partial charge in [-0.1, -0.05) is 12.1 Å². The summed E-state index contributed by atoms with van der Waals surface area (Å²) in [4.78, 5) is 25.7. The maximum Gasteiger partial charge on any atom is 0.272 e. The van der Waals surface area contributed by atoms with Crippen molar-refractivity contribution >= 4 is 11.8 Å². The van der Waals surface area contributed by atoms with Gasteiger partial charge in [0.2, 0.25) is 5.91 Å². The van der Waals surface area contributed by atoms with Gasteiger partial charge >= 0.3 is 0 Å². The Morgan fingerprint density at radius 1 is 1.20 bits per heavy atom. The lowest BCUT2D eigenvalue weighted by Crippen LogP contribution is -2.39. The molecule has 2 amide bonds. The number of primary amides is 1. The van der Waals surface area contributed by atoms with E-state index in [1.165, 1.54) is 5.56 Å². The Morgan fingerprint density at radius 2 is 1.84 bits per heavy atom. The van der Waals surface area contributed by atoms with Crippen molar-refractivity contribution < 1.29 is 9.59 Å². The number of rotatable bonds is 4. The molecule has 132 valence electrons. The molecule has 2 aromatic rings. The van der Waals surface area contributed by atoms with Crippen LogP contribution in [0, 0.1) is 12.8 Å². The van der Waals surface area contributed by atoms with E-state index in [1.54, 1.807) is 16.8 Å². The molecule has 1 aliphatic heterocycles. The first kappa shape index (κ1) is 17.2. The van der Waals surface area contributed by atoms with E-state index in [1.807, 2.05) is 37.1 Å². The van der Waals surface area contributed by atoms with E-state index in [9.17, 15) is 9.59 Å². The first-order chi connectivity index (χ1) is 11.9. The van der Waals surface area contributed by atoms with Crippen molar-refractivity contribution in [3.8, 4) is 0 Å². The van der Waals surface area contributed by atoms with E-state index in [0.717, 1.165) is 38.0 Å². The van der Waals surface area contributed by atoms with Gasteiger partial charge in [0.1, 0.15) is 5.69 Å². The van der Waals surface area contributed by atoms with E-state index in [2.05, 4.69) is 5.10 Å².